The summed E-state index contributed by atoms with van der Waals surface area (Å²) < 4.78 is 38.0. The zero-order chi connectivity index (χ0) is 26.0. The van der Waals surface area contributed by atoms with E-state index in [1.165, 1.54) is 37.6 Å². The van der Waals surface area contributed by atoms with E-state index < -0.39 is 10.0 Å². The number of para-hydroxylation sites is 1. The fraction of sp³-hybridized carbons (Fsp3) is 0.208. The van der Waals surface area contributed by atoms with E-state index in [4.69, 9.17) is 4.74 Å². The molecule has 1 aliphatic rings. The second-order valence-corrected chi connectivity index (χ2v) is 10.5. The van der Waals surface area contributed by atoms with Crippen LogP contribution in [0.4, 0.5) is 5.69 Å². The lowest BCUT2D eigenvalue weighted by atomic mass is 10.1. The van der Waals surface area contributed by atoms with Crippen LogP contribution < -0.4 is 9.46 Å². The Morgan fingerprint density at radius 3 is 2.43 bits per heavy atom. The average molecular weight is 539 g/mol. The van der Waals surface area contributed by atoms with Gasteiger partial charge in [-0.05, 0) is 35.8 Å². The largest absolute Gasteiger partial charge is 0.496 e. The van der Waals surface area contributed by atoms with Crippen molar-refractivity contribution in [2.75, 3.05) is 38.0 Å². The predicted octanol–water partition coefficient (Wildman–Crippen LogP) is 2.49. The average Bonchev–Trinajstić information content (AvgIpc) is 3.47. The van der Waals surface area contributed by atoms with Gasteiger partial charge in [-0.1, -0.05) is 22.7 Å². The van der Waals surface area contributed by atoms with Gasteiger partial charge in [-0.2, -0.15) is 0 Å². The molecule has 0 atom stereocenters. The molecule has 2 aromatic carbocycles. The highest BCUT2D eigenvalue weighted by Gasteiger charge is 2.28. The quantitative estimate of drug-likeness (QED) is 0.396. The fourth-order valence-electron chi connectivity index (χ4n) is 4.14. The van der Waals surface area contributed by atoms with Gasteiger partial charge in [0.2, 0.25) is 0 Å². The van der Waals surface area contributed by atoms with Crippen LogP contribution in [0.15, 0.2) is 65.0 Å². The van der Waals surface area contributed by atoms with Crippen LogP contribution in [0.25, 0.3) is 10.9 Å². The first-order valence-electron chi connectivity index (χ1n) is 11.3. The Labute approximate surface area is 216 Å². The summed E-state index contributed by atoms with van der Waals surface area (Å²) in [5, 5.41) is 6.11. The van der Waals surface area contributed by atoms with Gasteiger partial charge in [-0.3, -0.25) is 19.3 Å². The number of fused-ring (bicyclic) bond motifs is 1. The van der Waals surface area contributed by atoms with E-state index in [1.807, 2.05) is 0 Å². The van der Waals surface area contributed by atoms with Crippen molar-refractivity contribution in [1.82, 2.24) is 24.4 Å². The van der Waals surface area contributed by atoms with Crippen molar-refractivity contribution in [2.45, 2.75) is 4.90 Å². The van der Waals surface area contributed by atoms with Crippen molar-refractivity contribution in [3.05, 3.63) is 71.4 Å². The number of sulfonamides is 1. The zero-order valence-corrected chi connectivity index (χ0v) is 21.3. The highest BCUT2D eigenvalue weighted by Crippen LogP contribution is 2.28. The fourth-order valence-corrected chi connectivity index (χ4v) is 5.80. The van der Waals surface area contributed by atoms with Crippen molar-refractivity contribution >= 4 is 50.0 Å². The topological polar surface area (TPSA) is 135 Å². The standard InChI is InChI=1S/C24H22N6O5S2/c1-35-20-14-17(27-37(33,34)21-6-2-4-16-5-3-9-25-22(16)21)7-8-18(20)23(31)29-10-12-30(13-11-29)24(32)19-15-36-28-26-19/h2-9,14-15,27H,10-13H2,1H3. The van der Waals surface area contributed by atoms with Crippen LogP contribution in [0.3, 0.4) is 0 Å². The maximum atomic E-state index is 13.2. The summed E-state index contributed by atoms with van der Waals surface area (Å²) in [6.45, 7) is 1.41. The third-order valence-electron chi connectivity index (χ3n) is 6.00. The number of carbonyl (C=O) groups excluding carboxylic acids is 2. The first-order chi connectivity index (χ1) is 17.9. The second-order valence-electron chi connectivity index (χ2n) is 8.23. The molecule has 3 heterocycles. The highest BCUT2D eigenvalue weighted by molar-refractivity contribution is 7.93. The van der Waals surface area contributed by atoms with E-state index in [1.54, 1.807) is 39.4 Å². The summed E-state index contributed by atoms with van der Waals surface area (Å²) in [7, 11) is -2.55. The zero-order valence-electron chi connectivity index (χ0n) is 19.7. The van der Waals surface area contributed by atoms with E-state index in [9.17, 15) is 18.0 Å². The number of nitrogens with one attached hydrogen (secondary N) is 1. The van der Waals surface area contributed by atoms with E-state index in [0.29, 0.717) is 48.3 Å². The minimum atomic E-state index is -3.96. The molecular formula is C24H22N6O5S2. The number of hydrogen-bond donors (Lipinski definition) is 1. The molecule has 0 saturated carbocycles. The van der Waals surface area contributed by atoms with E-state index in [2.05, 4.69) is 19.3 Å². The lowest BCUT2D eigenvalue weighted by molar-refractivity contribution is 0.0530. The molecule has 0 aliphatic carbocycles. The molecule has 11 nitrogen and oxygen atoms in total. The van der Waals surface area contributed by atoms with Crippen molar-refractivity contribution < 1.29 is 22.7 Å². The number of carbonyl (C=O) groups is 2. The number of methoxy groups -OCH3 is 1. The lowest BCUT2D eigenvalue weighted by Crippen LogP contribution is -2.50. The minimum absolute atomic E-state index is 0.0468. The van der Waals surface area contributed by atoms with Crippen LogP contribution in [0.5, 0.6) is 5.75 Å². The molecule has 0 spiro atoms. The van der Waals surface area contributed by atoms with Gasteiger partial charge < -0.3 is 14.5 Å². The molecule has 1 N–H and O–H groups in total. The Morgan fingerprint density at radius 2 is 1.73 bits per heavy atom. The molecule has 1 aliphatic heterocycles. The first-order valence-corrected chi connectivity index (χ1v) is 13.6. The van der Waals surface area contributed by atoms with Gasteiger partial charge >= 0.3 is 0 Å². The third-order valence-corrected chi connectivity index (χ3v) is 7.92. The monoisotopic (exact) mass is 538 g/mol. The van der Waals surface area contributed by atoms with Crippen molar-refractivity contribution in [3.8, 4) is 5.75 Å². The van der Waals surface area contributed by atoms with Gasteiger partial charge in [0, 0.05) is 49.2 Å². The summed E-state index contributed by atoms with van der Waals surface area (Å²) in [4.78, 5) is 33.2. The number of ether oxygens (including phenoxy) is 1. The Bertz CT molecular complexity index is 1560. The maximum Gasteiger partial charge on any atom is 0.275 e. The van der Waals surface area contributed by atoms with Crippen LogP contribution in [-0.4, -0.2) is 77.9 Å². The molecule has 2 aromatic heterocycles. The number of nitrogens with zero attached hydrogens (tertiary/aromatic N) is 5. The molecular weight excluding hydrogens is 516 g/mol. The number of pyridine rings is 1. The Morgan fingerprint density at radius 1 is 1.00 bits per heavy atom. The van der Waals surface area contributed by atoms with Crippen molar-refractivity contribution in [3.63, 3.8) is 0 Å². The van der Waals surface area contributed by atoms with Gasteiger partial charge in [-0.25, -0.2) is 8.42 Å². The second kappa shape index (κ2) is 10.1. The molecule has 190 valence electrons. The molecule has 0 bridgehead atoms. The van der Waals surface area contributed by atoms with E-state index in [0.717, 1.165) is 11.5 Å². The van der Waals surface area contributed by atoms with Crippen LogP contribution >= 0.6 is 11.5 Å². The predicted molar refractivity (Wildman–Crippen MR) is 137 cm³/mol. The molecule has 1 fully saturated rings. The number of benzene rings is 2. The summed E-state index contributed by atoms with van der Waals surface area (Å²) >= 11 is 1.11. The molecule has 1 saturated heterocycles. The van der Waals surface area contributed by atoms with Crippen LogP contribution in [0, 0.1) is 0 Å². The van der Waals surface area contributed by atoms with Crippen molar-refractivity contribution in [2.24, 2.45) is 0 Å². The molecule has 5 rings (SSSR count). The molecule has 4 aromatic rings. The van der Waals surface area contributed by atoms with Gasteiger partial charge in [0.05, 0.1) is 23.9 Å². The van der Waals surface area contributed by atoms with Crippen molar-refractivity contribution in [1.29, 1.82) is 0 Å². The Balaban J connectivity index is 1.31. The minimum Gasteiger partial charge on any atom is -0.496 e. The first kappa shape index (κ1) is 24.6. The summed E-state index contributed by atoms with van der Waals surface area (Å²) in [6.07, 6.45) is 1.54. The van der Waals surface area contributed by atoms with Gasteiger partial charge in [0.15, 0.2) is 5.69 Å². The maximum absolute atomic E-state index is 13.2. The molecule has 13 heteroatoms. The van der Waals surface area contributed by atoms with Gasteiger partial charge in [0.25, 0.3) is 21.8 Å². The SMILES string of the molecule is COc1cc(NS(=O)(=O)c2cccc3cccnc23)ccc1C(=O)N1CCN(C(=O)c2csnn2)CC1. The number of hydrogen-bond acceptors (Lipinski definition) is 9. The number of aromatic nitrogens is 3. The number of amides is 2. The molecule has 0 unspecified atom stereocenters. The molecule has 2 amide bonds. The van der Waals surface area contributed by atoms with Gasteiger partial charge in [0.1, 0.15) is 10.6 Å². The summed E-state index contributed by atoms with van der Waals surface area (Å²) in [6, 6.07) is 13.0. The summed E-state index contributed by atoms with van der Waals surface area (Å²) in [5.41, 5.74) is 1.19. The number of rotatable bonds is 6. The number of anilines is 1. The summed E-state index contributed by atoms with van der Waals surface area (Å²) in [5.74, 6) is -0.253. The highest BCUT2D eigenvalue weighted by atomic mass is 32.2. The Kier molecular flexibility index (Phi) is 6.72. The van der Waals surface area contributed by atoms with Crippen LogP contribution in [0.2, 0.25) is 0 Å². The molecule has 37 heavy (non-hydrogen) atoms. The number of piperazine rings is 1. The van der Waals surface area contributed by atoms with E-state index >= 15 is 0 Å². The normalized spacial score (nSPS) is 14.0. The molecule has 0 radical (unpaired) electrons. The Hall–Kier alpha value is -4.10. The smallest absolute Gasteiger partial charge is 0.275 e. The van der Waals surface area contributed by atoms with Gasteiger partial charge in [-0.15, -0.1) is 5.10 Å². The van der Waals surface area contributed by atoms with E-state index in [-0.39, 0.29) is 28.1 Å². The lowest BCUT2D eigenvalue weighted by Gasteiger charge is -2.34. The van der Waals surface area contributed by atoms with Crippen LogP contribution in [0.1, 0.15) is 20.8 Å². The van der Waals surface area contributed by atoms with Crippen LogP contribution in [-0.2, 0) is 10.0 Å². The third kappa shape index (κ3) is 4.95.